The van der Waals surface area contributed by atoms with Crippen LogP contribution in [0.4, 0.5) is 8.78 Å². The van der Waals surface area contributed by atoms with Gasteiger partial charge in [0.15, 0.2) is 0 Å². The number of alkyl halides is 2. The molecule has 0 aromatic rings. The molecule has 0 radical (unpaired) electrons. The van der Waals surface area contributed by atoms with Gasteiger partial charge in [-0.3, -0.25) is 0 Å². The Bertz CT molecular complexity index is 161. The minimum Gasteiger partial charge on any atom is -0.384 e. The molecular weight excluding hydrogens is 162 g/mol. The lowest BCUT2D eigenvalue weighted by Gasteiger charge is -2.39. The van der Waals surface area contributed by atoms with Crippen LogP contribution < -0.4 is 0 Å². The minimum atomic E-state index is -2.60. The van der Waals surface area contributed by atoms with Gasteiger partial charge in [0.05, 0.1) is 0 Å². The van der Waals surface area contributed by atoms with E-state index >= 15 is 0 Å². The lowest BCUT2D eigenvalue weighted by atomic mass is 9.72. The average molecular weight is 178 g/mol. The van der Waals surface area contributed by atoms with Crippen LogP contribution >= 0.6 is 0 Å². The Morgan fingerprint density at radius 2 is 2.00 bits per heavy atom. The third-order valence-corrected chi connectivity index (χ3v) is 3.02. The van der Waals surface area contributed by atoms with Crippen LogP contribution in [-0.2, 0) is 0 Å². The number of halogens is 2. The van der Waals surface area contributed by atoms with Gasteiger partial charge in [-0.2, -0.15) is 0 Å². The molecule has 1 saturated carbocycles. The highest BCUT2D eigenvalue weighted by atomic mass is 19.3. The van der Waals surface area contributed by atoms with E-state index in [1.807, 2.05) is 6.92 Å². The highest BCUT2D eigenvalue weighted by Crippen LogP contribution is 2.40. The molecule has 3 heteroatoms. The van der Waals surface area contributed by atoms with Gasteiger partial charge in [0.2, 0.25) is 0 Å². The molecule has 72 valence electrons. The number of hydrogen-bond acceptors (Lipinski definition) is 1. The van der Waals surface area contributed by atoms with E-state index in [9.17, 15) is 13.9 Å². The van der Waals surface area contributed by atoms with Crippen LogP contribution in [0.5, 0.6) is 0 Å². The van der Waals surface area contributed by atoms with Crippen LogP contribution in [-0.4, -0.2) is 17.1 Å². The molecule has 3 unspecified atom stereocenters. The Hall–Kier alpha value is -0.180. The second-order valence-corrected chi connectivity index (χ2v) is 4.07. The summed E-state index contributed by atoms with van der Waals surface area (Å²) in [5.41, 5.74) is -1.72. The molecule has 1 aliphatic rings. The standard InChI is InChI=1S/C9H16F2O/c1-6-3-4-9(12,8(10)11)7(2)5-6/h6-8,12H,3-5H2,1-2H3. The highest BCUT2D eigenvalue weighted by molar-refractivity contribution is 4.91. The maximum absolute atomic E-state index is 12.4. The fourth-order valence-electron chi connectivity index (χ4n) is 1.97. The molecule has 1 rings (SSSR count). The molecular formula is C9H16F2O. The van der Waals surface area contributed by atoms with Crippen LogP contribution in [0.3, 0.4) is 0 Å². The molecule has 0 bridgehead atoms. The van der Waals surface area contributed by atoms with Gasteiger partial charge in [-0.25, -0.2) is 8.78 Å². The van der Waals surface area contributed by atoms with Crippen LogP contribution in [0, 0.1) is 11.8 Å². The van der Waals surface area contributed by atoms with Crippen LogP contribution in [0.25, 0.3) is 0 Å². The average Bonchev–Trinajstić information content (AvgIpc) is 1.97. The third-order valence-electron chi connectivity index (χ3n) is 3.02. The molecule has 0 spiro atoms. The Labute approximate surface area is 71.8 Å². The second-order valence-electron chi connectivity index (χ2n) is 4.07. The Morgan fingerprint density at radius 1 is 1.42 bits per heavy atom. The maximum Gasteiger partial charge on any atom is 0.267 e. The van der Waals surface area contributed by atoms with Crippen molar-refractivity contribution in [1.29, 1.82) is 0 Å². The summed E-state index contributed by atoms with van der Waals surface area (Å²) in [6.07, 6.45) is -0.932. The van der Waals surface area contributed by atoms with Crippen molar-refractivity contribution in [2.75, 3.05) is 0 Å². The summed E-state index contributed by atoms with van der Waals surface area (Å²) in [5, 5.41) is 9.58. The van der Waals surface area contributed by atoms with E-state index in [1.54, 1.807) is 6.92 Å². The molecule has 3 atom stereocenters. The van der Waals surface area contributed by atoms with Crippen molar-refractivity contribution in [3.8, 4) is 0 Å². The van der Waals surface area contributed by atoms with E-state index in [2.05, 4.69) is 0 Å². The molecule has 0 aromatic heterocycles. The van der Waals surface area contributed by atoms with Gasteiger partial charge in [0.25, 0.3) is 6.43 Å². The van der Waals surface area contributed by atoms with Gasteiger partial charge in [0.1, 0.15) is 5.60 Å². The lowest BCUT2D eigenvalue weighted by molar-refractivity contribution is -0.152. The van der Waals surface area contributed by atoms with Gasteiger partial charge < -0.3 is 5.11 Å². The SMILES string of the molecule is CC1CCC(O)(C(F)F)C(C)C1. The molecule has 1 aliphatic carbocycles. The predicted octanol–water partition coefficient (Wildman–Crippen LogP) is 2.44. The maximum atomic E-state index is 12.4. The molecule has 0 heterocycles. The summed E-state index contributed by atoms with van der Waals surface area (Å²) < 4.78 is 24.9. The van der Waals surface area contributed by atoms with E-state index in [-0.39, 0.29) is 12.3 Å². The molecule has 0 aromatic carbocycles. The van der Waals surface area contributed by atoms with E-state index in [0.717, 1.165) is 0 Å². The zero-order valence-corrected chi connectivity index (χ0v) is 7.56. The molecule has 1 nitrogen and oxygen atoms in total. The first-order valence-corrected chi connectivity index (χ1v) is 4.47. The number of aliphatic hydroxyl groups is 1. The smallest absolute Gasteiger partial charge is 0.267 e. The number of rotatable bonds is 1. The van der Waals surface area contributed by atoms with Crippen molar-refractivity contribution in [3.05, 3.63) is 0 Å². The van der Waals surface area contributed by atoms with E-state index in [0.29, 0.717) is 18.8 Å². The summed E-state index contributed by atoms with van der Waals surface area (Å²) in [5.74, 6) is 0.195. The number of hydrogen-bond donors (Lipinski definition) is 1. The van der Waals surface area contributed by atoms with E-state index in [4.69, 9.17) is 0 Å². The van der Waals surface area contributed by atoms with Gasteiger partial charge in [-0.05, 0) is 31.1 Å². The quantitative estimate of drug-likeness (QED) is 0.653. The summed E-state index contributed by atoms with van der Waals surface area (Å²) in [6, 6.07) is 0. The van der Waals surface area contributed by atoms with Crippen molar-refractivity contribution < 1.29 is 13.9 Å². The van der Waals surface area contributed by atoms with E-state index < -0.39 is 12.0 Å². The van der Waals surface area contributed by atoms with Crippen LogP contribution in [0.15, 0.2) is 0 Å². The summed E-state index contributed by atoms with van der Waals surface area (Å²) in [6.45, 7) is 3.75. The van der Waals surface area contributed by atoms with Gasteiger partial charge in [-0.15, -0.1) is 0 Å². The Balaban J connectivity index is 2.66. The molecule has 1 N–H and O–H groups in total. The van der Waals surface area contributed by atoms with E-state index in [1.165, 1.54) is 0 Å². The lowest BCUT2D eigenvalue weighted by Crippen LogP contribution is -2.47. The van der Waals surface area contributed by atoms with Crippen LogP contribution in [0.2, 0.25) is 0 Å². The van der Waals surface area contributed by atoms with Crippen molar-refractivity contribution in [1.82, 2.24) is 0 Å². The van der Waals surface area contributed by atoms with Crippen molar-refractivity contribution >= 4 is 0 Å². The first-order chi connectivity index (χ1) is 5.47. The molecule has 0 aliphatic heterocycles. The third kappa shape index (κ3) is 1.60. The van der Waals surface area contributed by atoms with Gasteiger partial charge in [-0.1, -0.05) is 13.8 Å². The highest BCUT2D eigenvalue weighted by Gasteiger charge is 2.45. The van der Waals surface area contributed by atoms with Gasteiger partial charge in [0, 0.05) is 0 Å². The molecule has 12 heavy (non-hydrogen) atoms. The van der Waals surface area contributed by atoms with Gasteiger partial charge >= 0.3 is 0 Å². The topological polar surface area (TPSA) is 20.2 Å². The summed E-state index contributed by atoms with van der Waals surface area (Å²) in [4.78, 5) is 0. The van der Waals surface area contributed by atoms with Crippen molar-refractivity contribution in [3.63, 3.8) is 0 Å². The van der Waals surface area contributed by atoms with Crippen LogP contribution in [0.1, 0.15) is 33.1 Å². The molecule has 1 fully saturated rings. The van der Waals surface area contributed by atoms with Crippen molar-refractivity contribution in [2.45, 2.75) is 45.1 Å². The zero-order valence-electron chi connectivity index (χ0n) is 7.56. The predicted molar refractivity (Wildman–Crippen MR) is 43.1 cm³/mol. The Kier molecular flexibility index (Phi) is 2.71. The largest absolute Gasteiger partial charge is 0.384 e. The first-order valence-electron chi connectivity index (χ1n) is 4.47. The zero-order chi connectivity index (χ0) is 9.35. The summed E-state index contributed by atoms with van der Waals surface area (Å²) >= 11 is 0. The monoisotopic (exact) mass is 178 g/mol. The second kappa shape index (κ2) is 3.29. The molecule has 0 saturated heterocycles. The van der Waals surface area contributed by atoms with Crippen molar-refractivity contribution in [2.24, 2.45) is 11.8 Å². The minimum absolute atomic E-state index is 0.243. The first kappa shape index (κ1) is 9.90. The fourth-order valence-corrected chi connectivity index (χ4v) is 1.97. The molecule has 0 amide bonds. The fraction of sp³-hybridized carbons (Fsp3) is 1.00. The summed E-state index contributed by atoms with van der Waals surface area (Å²) in [7, 11) is 0. The Morgan fingerprint density at radius 3 is 2.42 bits per heavy atom. The normalized spacial score (nSPS) is 43.5.